The lowest BCUT2D eigenvalue weighted by Crippen LogP contribution is -2.43. The Kier molecular flexibility index (Phi) is 5.38. The maximum absolute atomic E-state index is 12.6. The minimum Gasteiger partial charge on any atom is -0.429 e. The number of nitrogens with zero attached hydrogens (tertiary/aromatic N) is 4. The van der Waals surface area contributed by atoms with Gasteiger partial charge in [0.1, 0.15) is 10.8 Å². The molecule has 1 atom stereocenters. The molecule has 1 aliphatic rings. The Morgan fingerprint density at radius 3 is 2.96 bits per heavy atom. The summed E-state index contributed by atoms with van der Waals surface area (Å²) in [5.41, 5.74) is 2.86. The molecule has 1 aliphatic heterocycles. The van der Waals surface area contributed by atoms with E-state index in [1.54, 1.807) is 17.5 Å². The second-order valence-electron chi connectivity index (χ2n) is 7.07. The maximum atomic E-state index is 12.6. The molecule has 0 bridgehead atoms. The second kappa shape index (κ2) is 8.10. The van der Waals surface area contributed by atoms with Gasteiger partial charge in [0.05, 0.1) is 24.4 Å². The van der Waals surface area contributed by atoms with Gasteiger partial charge in [0.15, 0.2) is 0 Å². The van der Waals surface area contributed by atoms with E-state index in [1.807, 2.05) is 42.5 Å². The summed E-state index contributed by atoms with van der Waals surface area (Å²) in [5.74, 6) is 0.772. The van der Waals surface area contributed by atoms with Crippen molar-refractivity contribution in [3.05, 3.63) is 46.4 Å². The minimum atomic E-state index is -0.0679. The molecule has 0 aromatic carbocycles. The highest BCUT2D eigenvalue weighted by Crippen LogP contribution is 2.24. The highest BCUT2D eigenvalue weighted by molar-refractivity contribution is 7.09. The molecule has 4 rings (SSSR count). The number of anilines is 1. The molecule has 7 nitrogen and oxygen atoms in total. The fourth-order valence-corrected chi connectivity index (χ4v) is 4.05. The van der Waals surface area contributed by atoms with E-state index in [1.165, 1.54) is 0 Å². The number of carbonyl (C=O) groups excluding carboxylic acids is 1. The lowest BCUT2D eigenvalue weighted by Gasteiger charge is -2.30. The summed E-state index contributed by atoms with van der Waals surface area (Å²) < 4.78 is 5.60. The number of thiazole rings is 1. The number of hydrogen-bond acceptors (Lipinski definition) is 7. The Morgan fingerprint density at radius 1 is 1.32 bits per heavy atom. The van der Waals surface area contributed by atoms with Gasteiger partial charge in [0, 0.05) is 35.9 Å². The number of aryl methyl sites for hydroxylation is 2. The van der Waals surface area contributed by atoms with Gasteiger partial charge in [-0.1, -0.05) is 0 Å². The Hall–Kier alpha value is -2.74. The first-order valence-electron chi connectivity index (χ1n) is 9.41. The third-order valence-electron chi connectivity index (χ3n) is 4.84. The normalized spacial score (nSPS) is 16.9. The Balaban J connectivity index is 1.33. The predicted molar refractivity (Wildman–Crippen MR) is 108 cm³/mol. The lowest BCUT2D eigenvalue weighted by molar-refractivity contribution is -0.125. The van der Waals surface area contributed by atoms with Gasteiger partial charge in [-0.25, -0.2) is 9.97 Å². The molecule has 3 aromatic heterocycles. The number of amides is 1. The van der Waals surface area contributed by atoms with Crippen molar-refractivity contribution in [1.82, 2.24) is 20.3 Å². The van der Waals surface area contributed by atoms with Crippen molar-refractivity contribution in [3.63, 3.8) is 0 Å². The molecule has 8 heteroatoms. The van der Waals surface area contributed by atoms with Crippen LogP contribution in [0, 0.1) is 19.8 Å². The molecule has 1 N–H and O–H groups in total. The third-order valence-corrected chi connectivity index (χ3v) is 5.69. The average molecular weight is 398 g/mol. The molecule has 1 saturated heterocycles. The topological polar surface area (TPSA) is 84.2 Å². The molecule has 0 saturated carbocycles. The van der Waals surface area contributed by atoms with Gasteiger partial charge in [-0.05, 0) is 38.8 Å². The molecule has 0 unspecified atom stereocenters. The smallest absolute Gasteiger partial charge is 0.297 e. The maximum Gasteiger partial charge on any atom is 0.297 e. The van der Waals surface area contributed by atoms with Gasteiger partial charge in [-0.3, -0.25) is 9.78 Å². The van der Waals surface area contributed by atoms with Crippen LogP contribution in [0.25, 0.3) is 11.3 Å². The summed E-state index contributed by atoms with van der Waals surface area (Å²) in [5, 5.41) is 5.93. The first kappa shape index (κ1) is 18.6. The third kappa shape index (κ3) is 4.22. The number of oxazole rings is 1. The number of piperidine rings is 1. The quantitative estimate of drug-likeness (QED) is 0.711. The Morgan fingerprint density at radius 2 is 2.21 bits per heavy atom. The number of rotatable bonds is 5. The summed E-state index contributed by atoms with van der Waals surface area (Å²) in [7, 11) is 0. The van der Waals surface area contributed by atoms with E-state index in [9.17, 15) is 4.79 Å². The number of hydrogen-bond donors (Lipinski definition) is 1. The monoisotopic (exact) mass is 397 g/mol. The fraction of sp³-hybridized carbons (Fsp3) is 0.400. The summed E-state index contributed by atoms with van der Waals surface area (Å²) in [6, 6.07) is 4.59. The zero-order valence-corrected chi connectivity index (χ0v) is 16.8. The highest BCUT2D eigenvalue weighted by atomic mass is 32.1. The van der Waals surface area contributed by atoms with Crippen LogP contribution in [0.4, 0.5) is 6.01 Å². The van der Waals surface area contributed by atoms with Gasteiger partial charge >= 0.3 is 0 Å². The van der Waals surface area contributed by atoms with Gasteiger partial charge in [-0.2, -0.15) is 0 Å². The summed E-state index contributed by atoms with van der Waals surface area (Å²) in [6.07, 6.45) is 5.36. The van der Waals surface area contributed by atoms with Crippen molar-refractivity contribution < 1.29 is 9.21 Å². The van der Waals surface area contributed by atoms with Crippen LogP contribution in [0.3, 0.4) is 0 Å². The van der Waals surface area contributed by atoms with Crippen molar-refractivity contribution >= 4 is 23.3 Å². The van der Waals surface area contributed by atoms with E-state index in [-0.39, 0.29) is 11.8 Å². The lowest BCUT2D eigenvalue weighted by atomic mass is 9.97. The van der Waals surface area contributed by atoms with Gasteiger partial charge in [0.2, 0.25) is 5.91 Å². The van der Waals surface area contributed by atoms with Crippen molar-refractivity contribution in [3.8, 4) is 11.3 Å². The SMILES string of the molecule is Cc1ccc(-c2csc(CNC(=O)[C@H]3CCCN(c4ncc(C)o4)C3)n2)cn1. The average Bonchev–Trinajstić information content (AvgIpc) is 3.36. The second-order valence-corrected chi connectivity index (χ2v) is 8.01. The van der Waals surface area contributed by atoms with E-state index < -0.39 is 0 Å². The first-order chi connectivity index (χ1) is 13.6. The van der Waals surface area contributed by atoms with Crippen LogP contribution in [0.1, 0.15) is 29.3 Å². The van der Waals surface area contributed by atoms with Crippen LogP contribution in [0.2, 0.25) is 0 Å². The van der Waals surface area contributed by atoms with Crippen LogP contribution in [-0.4, -0.2) is 33.9 Å². The molecule has 3 aromatic rings. The van der Waals surface area contributed by atoms with Gasteiger partial charge in [-0.15, -0.1) is 11.3 Å². The fourth-order valence-electron chi connectivity index (χ4n) is 3.30. The zero-order valence-electron chi connectivity index (χ0n) is 16.0. The van der Waals surface area contributed by atoms with Crippen LogP contribution in [0.5, 0.6) is 0 Å². The molecule has 4 heterocycles. The van der Waals surface area contributed by atoms with Gasteiger partial charge < -0.3 is 14.6 Å². The first-order valence-corrected chi connectivity index (χ1v) is 10.3. The van der Waals surface area contributed by atoms with Gasteiger partial charge in [0.25, 0.3) is 6.01 Å². The van der Waals surface area contributed by atoms with E-state index in [4.69, 9.17) is 4.42 Å². The molecule has 146 valence electrons. The van der Waals surface area contributed by atoms with Crippen LogP contribution in [-0.2, 0) is 11.3 Å². The largest absolute Gasteiger partial charge is 0.429 e. The van der Waals surface area contributed by atoms with E-state index in [2.05, 4.69) is 20.3 Å². The summed E-state index contributed by atoms with van der Waals surface area (Å²) >= 11 is 1.55. The standard InChI is InChI=1S/C20H23N5O2S/c1-13-5-6-15(9-21-13)17-12-28-18(24-17)10-22-19(26)16-4-3-7-25(11-16)20-23-8-14(2)27-20/h5-6,8-9,12,16H,3-4,7,10-11H2,1-2H3,(H,22,26)/t16-/m0/s1. The number of carbonyl (C=O) groups is 1. The Bertz CT molecular complexity index is 950. The number of aromatic nitrogens is 3. The molecule has 0 radical (unpaired) electrons. The van der Waals surface area contributed by atoms with E-state index >= 15 is 0 Å². The van der Waals surface area contributed by atoms with Crippen molar-refractivity contribution in [2.45, 2.75) is 33.2 Å². The molecule has 0 spiro atoms. The zero-order chi connectivity index (χ0) is 19.5. The Labute approximate surface area is 167 Å². The summed E-state index contributed by atoms with van der Waals surface area (Å²) in [4.78, 5) is 27.9. The highest BCUT2D eigenvalue weighted by Gasteiger charge is 2.28. The van der Waals surface area contributed by atoms with Crippen LogP contribution < -0.4 is 10.2 Å². The van der Waals surface area contributed by atoms with Crippen molar-refractivity contribution in [2.24, 2.45) is 5.92 Å². The van der Waals surface area contributed by atoms with E-state index in [0.29, 0.717) is 19.1 Å². The summed E-state index contributed by atoms with van der Waals surface area (Å²) in [6.45, 7) is 5.77. The number of pyridine rings is 1. The molecule has 1 fully saturated rings. The molecular weight excluding hydrogens is 374 g/mol. The van der Waals surface area contributed by atoms with Crippen LogP contribution in [0.15, 0.2) is 34.3 Å². The minimum absolute atomic E-state index is 0.0572. The predicted octanol–water partition coefficient (Wildman–Crippen LogP) is 3.34. The molecule has 0 aliphatic carbocycles. The molecule has 28 heavy (non-hydrogen) atoms. The molecular formula is C20H23N5O2S. The van der Waals surface area contributed by atoms with Crippen LogP contribution >= 0.6 is 11.3 Å². The van der Waals surface area contributed by atoms with Crippen molar-refractivity contribution in [2.75, 3.05) is 18.0 Å². The van der Waals surface area contributed by atoms with E-state index in [0.717, 1.165) is 47.1 Å². The van der Waals surface area contributed by atoms with Crippen molar-refractivity contribution in [1.29, 1.82) is 0 Å². The number of nitrogens with one attached hydrogen (secondary N) is 1. The molecule has 1 amide bonds.